The van der Waals surface area contributed by atoms with Crippen LogP contribution in [0, 0.1) is 0 Å². The second-order valence-electron chi connectivity index (χ2n) is 9.70. The summed E-state index contributed by atoms with van der Waals surface area (Å²) in [5, 5.41) is 6.39. The fourth-order valence-electron chi connectivity index (χ4n) is 5.05. The lowest BCUT2D eigenvalue weighted by Gasteiger charge is -2.24. The van der Waals surface area contributed by atoms with Gasteiger partial charge in [0.15, 0.2) is 5.78 Å². The molecule has 2 fully saturated rings. The third kappa shape index (κ3) is 6.94. The summed E-state index contributed by atoms with van der Waals surface area (Å²) in [5.41, 5.74) is 2.01. The van der Waals surface area contributed by atoms with E-state index in [1.54, 1.807) is 23.1 Å². The number of benzene rings is 2. The zero-order valence-electron chi connectivity index (χ0n) is 21.1. The van der Waals surface area contributed by atoms with E-state index in [4.69, 9.17) is 4.74 Å². The number of carbonyl (C=O) groups excluding carboxylic acids is 3. The molecule has 0 bridgehead atoms. The lowest BCUT2D eigenvalue weighted by molar-refractivity contribution is -0.120. The smallest absolute Gasteiger partial charge is 0.252 e. The number of nitrogens with zero attached hydrogens (tertiary/aromatic N) is 1. The van der Waals surface area contributed by atoms with Crippen molar-refractivity contribution in [2.75, 3.05) is 24.6 Å². The minimum atomic E-state index is -0.663. The van der Waals surface area contributed by atoms with Crippen molar-refractivity contribution >= 4 is 23.3 Å². The van der Waals surface area contributed by atoms with Gasteiger partial charge in [0.05, 0.1) is 19.2 Å². The molecule has 0 radical (unpaired) electrons. The fraction of sp³-hybridized carbons (Fsp3) is 0.483. The van der Waals surface area contributed by atoms with Crippen molar-refractivity contribution < 1.29 is 19.1 Å². The SMILES string of the molecule is CCOc1cc(C(=O)N[C@@H](Cc2ccccc2)C(=O)CNC2CCCCC2)cc(N2CCCC2=O)c1. The molecule has 2 amide bonds. The summed E-state index contributed by atoms with van der Waals surface area (Å²) < 4.78 is 5.69. The van der Waals surface area contributed by atoms with Gasteiger partial charge in [-0.15, -0.1) is 0 Å². The van der Waals surface area contributed by atoms with Crippen LogP contribution in [-0.4, -0.2) is 49.4 Å². The van der Waals surface area contributed by atoms with Gasteiger partial charge in [0, 0.05) is 36.3 Å². The summed E-state index contributed by atoms with van der Waals surface area (Å²) >= 11 is 0. The van der Waals surface area contributed by atoms with Gasteiger partial charge >= 0.3 is 0 Å². The predicted octanol–water partition coefficient (Wildman–Crippen LogP) is 4.04. The zero-order chi connectivity index (χ0) is 25.3. The highest BCUT2D eigenvalue weighted by atomic mass is 16.5. The quantitative estimate of drug-likeness (QED) is 0.495. The first-order valence-corrected chi connectivity index (χ1v) is 13.2. The highest BCUT2D eigenvalue weighted by molar-refractivity contribution is 6.01. The van der Waals surface area contributed by atoms with Crippen molar-refractivity contribution in [2.45, 2.75) is 70.4 Å². The minimum absolute atomic E-state index is 0.0336. The van der Waals surface area contributed by atoms with E-state index in [1.165, 1.54) is 19.3 Å². The molecule has 36 heavy (non-hydrogen) atoms. The molecule has 4 rings (SSSR count). The van der Waals surface area contributed by atoms with Crippen LogP contribution in [0.1, 0.15) is 67.8 Å². The molecular formula is C29H37N3O4. The number of hydrogen-bond donors (Lipinski definition) is 2. The maximum Gasteiger partial charge on any atom is 0.252 e. The third-order valence-electron chi connectivity index (χ3n) is 7.00. The van der Waals surface area contributed by atoms with E-state index in [0.717, 1.165) is 24.8 Å². The molecule has 1 heterocycles. The Kier molecular flexibility index (Phi) is 9.11. The van der Waals surface area contributed by atoms with Crippen LogP contribution in [0.2, 0.25) is 0 Å². The summed E-state index contributed by atoms with van der Waals surface area (Å²) in [7, 11) is 0. The van der Waals surface area contributed by atoms with Crippen molar-refractivity contribution in [2.24, 2.45) is 0 Å². The minimum Gasteiger partial charge on any atom is -0.494 e. The number of ketones is 1. The number of rotatable bonds is 11. The maximum absolute atomic E-state index is 13.4. The molecule has 2 aliphatic rings. The van der Waals surface area contributed by atoms with E-state index < -0.39 is 6.04 Å². The van der Waals surface area contributed by atoms with Crippen LogP contribution in [0.15, 0.2) is 48.5 Å². The molecule has 2 N–H and O–H groups in total. The highest BCUT2D eigenvalue weighted by Gasteiger charge is 2.26. The molecule has 1 aliphatic heterocycles. The molecule has 1 aliphatic carbocycles. The average molecular weight is 492 g/mol. The van der Waals surface area contributed by atoms with Gasteiger partial charge in [-0.2, -0.15) is 0 Å². The normalized spacial score (nSPS) is 17.1. The second kappa shape index (κ2) is 12.7. The predicted molar refractivity (Wildman–Crippen MR) is 140 cm³/mol. The van der Waals surface area contributed by atoms with Crippen LogP contribution < -0.4 is 20.3 Å². The Morgan fingerprint density at radius 1 is 1.06 bits per heavy atom. The summed E-state index contributed by atoms with van der Waals surface area (Å²) in [6, 6.07) is 14.6. The molecule has 1 saturated carbocycles. The largest absolute Gasteiger partial charge is 0.494 e. The summed E-state index contributed by atoms with van der Waals surface area (Å²) in [6.45, 7) is 3.17. The van der Waals surface area contributed by atoms with Gasteiger partial charge in [-0.05, 0) is 50.3 Å². The highest BCUT2D eigenvalue weighted by Crippen LogP contribution is 2.28. The zero-order valence-corrected chi connectivity index (χ0v) is 21.1. The number of Topliss-reactive ketones (excluding diaryl/α,β-unsaturated/α-hetero) is 1. The fourth-order valence-corrected chi connectivity index (χ4v) is 5.05. The van der Waals surface area contributed by atoms with E-state index in [1.807, 2.05) is 37.3 Å². The Morgan fingerprint density at radius 2 is 1.83 bits per heavy atom. The standard InChI is InChI=1S/C29H37N3O4/c1-2-36-25-18-22(17-24(19-25)32-15-9-14-28(32)34)29(35)31-26(16-21-10-5-3-6-11-21)27(33)20-30-23-12-7-4-8-13-23/h3,5-6,10-11,17-19,23,26,30H,2,4,7-9,12-16,20H2,1H3,(H,31,35)/t26-/m0/s1. The van der Waals surface area contributed by atoms with Crippen LogP contribution in [0.3, 0.4) is 0 Å². The van der Waals surface area contributed by atoms with Gasteiger partial charge < -0.3 is 20.3 Å². The number of anilines is 1. The van der Waals surface area contributed by atoms with Gasteiger partial charge in [-0.3, -0.25) is 14.4 Å². The molecule has 2 aromatic carbocycles. The number of carbonyl (C=O) groups is 3. The van der Waals surface area contributed by atoms with E-state index in [2.05, 4.69) is 10.6 Å². The number of nitrogens with one attached hydrogen (secondary N) is 2. The molecule has 7 nitrogen and oxygen atoms in total. The Hall–Kier alpha value is -3.19. The van der Waals surface area contributed by atoms with Crippen LogP contribution in [0.5, 0.6) is 5.75 Å². The van der Waals surface area contributed by atoms with Gasteiger partial charge in [-0.25, -0.2) is 0 Å². The topological polar surface area (TPSA) is 87.7 Å². The van der Waals surface area contributed by atoms with Crippen LogP contribution in [-0.2, 0) is 16.0 Å². The molecule has 192 valence electrons. The van der Waals surface area contributed by atoms with Gasteiger partial charge in [-0.1, -0.05) is 49.6 Å². The molecule has 1 atom stereocenters. The maximum atomic E-state index is 13.4. The summed E-state index contributed by atoms with van der Waals surface area (Å²) in [4.78, 5) is 40.7. The van der Waals surface area contributed by atoms with Gasteiger partial charge in [0.25, 0.3) is 5.91 Å². The second-order valence-corrected chi connectivity index (χ2v) is 9.70. The first kappa shape index (κ1) is 25.9. The van der Waals surface area contributed by atoms with Crippen molar-refractivity contribution in [1.82, 2.24) is 10.6 Å². The summed E-state index contributed by atoms with van der Waals surface area (Å²) in [6.07, 6.45) is 7.52. The first-order valence-electron chi connectivity index (χ1n) is 13.2. The van der Waals surface area contributed by atoms with E-state index in [0.29, 0.717) is 49.0 Å². The Labute approximate surface area is 213 Å². The average Bonchev–Trinajstić information content (AvgIpc) is 3.34. The van der Waals surface area contributed by atoms with Crippen molar-refractivity contribution in [3.8, 4) is 5.75 Å². The van der Waals surface area contributed by atoms with Gasteiger partial charge in [0.2, 0.25) is 5.91 Å². The molecular weight excluding hydrogens is 454 g/mol. The molecule has 2 aromatic rings. The summed E-state index contributed by atoms with van der Waals surface area (Å²) in [5.74, 6) is 0.191. The van der Waals surface area contributed by atoms with Crippen molar-refractivity contribution in [3.63, 3.8) is 0 Å². The number of ether oxygens (including phenoxy) is 1. The van der Waals surface area contributed by atoms with E-state index >= 15 is 0 Å². The number of hydrogen-bond acceptors (Lipinski definition) is 5. The Bertz CT molecular complexity index is 1050. The van der Waals surface area contributed by atoms with Gasteiger partial charge in [0.1, 0.15) is 5.75 Å². The molecule has 1 saturated heterocycles. The monoisotopic (exact) mass is 491 g/mol. The lowest BCUT2D eigenvalue weighted by atomic mass is 9.95. The van der Waals surface area contributed by atoms with Crippen LogP contribution >= 0.6 is 0 Å². The molecule has 0 aromatic heterocycles. The third-order valence-corrected chi connectivity index (χ3v) is 7.00. The van der Waals surface area contributed by atoms with E-state index in [-0.39, 0.29) is 24.1 Å². The number of amides is 2. The Morgan fingerprint density at radius 3 is 2.53 bits per heavy atom. The molecule has 0 unspecified atom stereocenters. The first-order chi connectivity index (χ1) is 17.5. The van der Waals surface area contributed by atoms with Crippen molar-refractivity contribution in [1.29, 1.82) is 0 Å². The van der Waals surface area contributed by atoms with Crippen LogP contribution in [0.4, 0.5) is 5.69 Å². The van der Waals surface area contributed by atoms with Crippen LogP contribution in [0.25, 0.3) is 0 Å². The van der Waals surface area contributed by atoms with E-state index in [9.17, 15) is 14.4 Å². The molecule has 0 spiro atoms. The molecule has 7 heteroatoms. The Balaban J connectivity index is 1.52. The van der Waals surface area contributed by atoms with Crippen molar-refractivity contribution in [3.05, 3.63) is 59.7 Å². The lowest BCUT2D eigenvalue weighted by Crippen LogP contribution is -2.47.